The zero-order valence-corrected chi connectivity index (χ0v) is 12.6. The molecule has 5 nitrogen and oxygen atoms in total. The summed E-state index contributed by atoms with van der Waals surface area (Å²) in [5, 5.41) is 3.01. The molecule has 0 aliphatic heterocycles. The maximum Gasteiger partial charge on any atom is 0.237 e. The number of ether oxygens (including phenoxy) is 1. The molecule has 0 fully saturated rings. The minimum atomic E-state index is -0.660. The number of amides is 1. The third kappa shape index (κ3) is 5.80. The lowest BCUT2D eigenvalue weighted by atomic mass is 9.92. The van der Waals surface area contributed by atoms with Gasteiger partial charge in [0.05, 0.1) is 18.2 Å². The summed E-state index contributed by atoms with van der Waals surface area (Å²) in [6.45, 7) is 9.52. The average molecular weight is 259 g/mol. The summed E-state index contributed by atoms with van der Waals surface area (Å²) >= 11 is 0. The van der Waals surface area contributed by atoms with E-state index in [0.717, 1.165) is 6.54 Å². The topological polar surface area (TPSA) is 67.6 Å². The molecule has 0 saturated carbocycles. The SMILES string of the molecule is CNC(C)(CC(C)N(C)CCOC(C)C)C(N)=O. The minimum Gasteiger partial charge on any atom is -0.377 e. The van der Waals surface area contributed by atoms with Crippen LogP contribution in [-0.2, 0) is 9.53 Å². The van der Waals surface area contributed by atoms with Gasteiger partial charge in [0.2, 0.25) is 5.91 Å². The molecule has 1 amide bonds. The number of hydrogen-bond acceptors (Lipinski definition) is 4. The van der Waals surface area contributed by atoms with Gasteiger partial charge in [-0.2, -0.15) is 0 Å². The number of nitrogens with one attached hydrogen (secondary N) is 1. The first-order valence-corrected chi connectivity index (χ1v) is 6.53. The molecule has 0 aliphatic rings. The van der Waals surface area contributed by atoms with Crippen LogP contribution < -0.4 is 11.1 Å². The number of primary amides is 1. The highest BCUT2D eigenvalue weighted by atomic mass is 16.5. The minimum absolute atomic E-state index is 0.252. The van der Waals surface area contributed by atoms with E-state index >= 15 is 0 Å². The van der Waals surface area contributed by atoms with Gasteiger partial charge >= 0.3 is 0 Å². The third-order valence-electron chi connectivity index (χ3n) is 3.45. The van der Waals surface area contributed by atoms with Gasteiger partial charge in [0, 0.05) is 12.6 Å². The van der Waals surface area contributed by atoms with E-state index in [9.17, 15) is 4.79 Å². The van der Waals surface area contributed by atoms with E-state index in [1.165, 1.54) is 0 Å². The Bertz CT molecular complexity index is 259. The van der Waals surface area contributed by atoms with Crippen LogP contribution in [0.3, 0.4) is 0 Å². The summed E-state index contributed by atoms with van der Waals surface area (Å²) in [4.78, 5) is 13.6. The normalized spacial score (nSPS) is 16.9. The molecule has 5 heteroatoms. The first-order chi connectivity index (χ1) is 8.23. The fourth-order valence-corrected chi connectivity index (χ4v) is 1.73. The van der Waals surface area contributed by atoms with Crippen LogP contribution in [0.25, 0.3) is 0 Å². The van der Waals surface area contributed by atoms with Crippen molar-refractivity contribution in [3.05, 3.63) is 0 Å². The largest absolute Gasteiger partial charge is 0.377 e. The molecule has 0 bridgehead atoms. The second kappa shape index (κ2) is 7.71. The molecule has 0 aromatic heterocycles. The van der Waals surface area contributed by atoms with Crippen molar-refractivity contribution in [1.82, 2.24) is 10.2 Å². The van der Waals surface area contributed by atoms with Crippen molar-refractivity contribution in [2.45, 2.75) is 51.8 Å². The zero-order valence-electron chi connectivity index (χ0n) is 12.6. The van der Waals surface area contributed by atoms with E-state index in [4.69, 9.17) is 10.5 Å². The molecular formula is C13H29N3O2. The van der Waals surface area contributed by atoms with E-state index in [1.54, 1.807) is 7.05 Å². The van der Waals surface area contributed by atoms with Crippen molar-refractivity contribution in [3.8, 4) is 0 Å². The van der Waals surface area contributed by atoms with Gasteiger partial charge in [0.25, 0.3) is 0 Å². The fraction of sp³-hybridized carbons (Fsp3) is 0.923. The van der Waals surface area contributed by atoms with E-state index in [1.807, 2.05) is 27.8 Å². The number of carbonyl (C=O) groups is 1. The fourth-order valence-electron chi connectivity index (χ4n) is 1.73. The van der Waals surface area contributed by atoms with Crippen LogP contribution in [0.5, 0.6) is 0 Å². The molecule has 0 saturated heterocycles. The van der Waals surface area contributed by atoms with Gasteiger partial charge in [-0.25, -0.2) is 0 Å². The standard InChI is InChI=1S/C13H29N3O2/c1-10(2)18-8-7-16(6)11(3)9-13(4,15-5)12(14)17/h10-11,15H,7-9H2,1-6H3,(H2,14,17). The molecule has 3 N–H and O–H groups in total. The van der Waals surface area contributed by atoms with Crippen molar-refractivity contribution < 1.29 is 9.53 Å². The predicted octanol–water partition coefficient (Wildman–Crippen LogP) is 0.585. The second-order valence-corrected chi connectivity index (χ2v) is 5.40. The number of nitrogens with zero attached hydrogens (tertiary/aromatic N) is 1. The maximum atomic E-state index is 11.4. The third-order valence-corrected chi connectivity index (χ3v) is 3.45. The van der Waals surface area contributed by atoms with Crippen molar-refractivity contribution in [3.63, 3.8) is 0 Å². The van der Waals surface area contributed by atoms with Gasteiger partial charge in [-0.05, 0) is 48.2 Å². The molecule has 18 heavy (non-hydrogen) atoms. The first kappa shape index (κ1) is 17.4. The van der Waals surface area contributed by atoms with Crippen LogP contribution in [0.2, 0.25) is 0 Å². The van der Waals surface area contributed by atoms with Gasteiger partial charge < -0.3 is 20.7 Å². The Balaban J connectivity index is 4.21. The number of hydrogen-bond donors (Lipinski definition) is 2. The van der Waals surface area contributed by atoms with E-state index < -0.39 is 5.54 Å². The highest BCUT2D eigenvalue weighted by molar-refractivity contribution is 5.84. The Kier molecular flexibility index (Phi) is 7.43. The van der Waals surface area contributed by atoms with Crippen molar-refractivity contribution in [2.24, 2.45) is 5.73 Å². The molecular weight excluding hydrogens is 230 g/mol. The monoisotopic (exact) mass is 259 g/mol. The van der Waals surface area contributed by atoms with Gasteiger partial charge in [-0.3, -0.25) is 4.79 Å². The van der Waals surface area contributed by atoms with Crippen LogP contribution in [0.15, 0.2) is 0 Å². The van der Waals surface area contributed by atoms with Crippen molar-refractivity contribution in [1.29, 1.82) is 0 Å². The van der Waals surface area contributed by atoms with Crippen molar-refractivity contribution in [2.75, 3.05) is 27.2 Å². The molecule has 2 unspecified atom stereocenters. The van der Waals surface area contributed by atoms with Crippen LogP contribution >= 0.6 is 0 Å². The highest BCUT2D eigenvalue weighted by Crippen LogP contribution is 2.14. The van der Waals surface area contributed by atoms with Crippen LogP contribution in [0, 0.1) is 0 Å². The zero-order chi connectivity index (χ0) is 14.3. The lowest BCUT2D eigenvalue weighted by Crippen LogP contribution is -2.54. The number of nitrogens with two attached hydrogens (primary N) is 1. The van der Waals surface area contributed by atoms with Gasteiger partial charge in [-0.1, -0.05) is 0 Å². The van der Waals surface area contributed by atoms with Gasteiger partial charge in [0.15, 0.2) is 0 Å². The van der Waals surface area contributed by atoms with E-state index in [0.29, 0.717) is 13.0 Å². The number of rotatable bonds is 9. The van der Waals surface area contributed by atoms with Gasteiger partial charge in [-0.15, -0.1) is 0 Å². The maximum absolute atomic E-state index is 11.4. The summed E-state index contributed by atoms with van der Waals surface area (Å²) < 4.78 is 5.52. The second-order valence-electron chi connectivity index (χ2n) is 5.40. The van der Waals surface area contributed by atoms with E-state index in [2.05, 4.69) is 17.1 Å². The Hall–Kier alpha value is -0.650. The summed E-state index contributed by atoms with van der Waals surface area (Å²) in [6, 6.07) is 0.255. The van der Waals surface area contributed by atoms with Gasteiger partial charge in [0.1, 0.15) is 0 Å². The summed E-state index contributed by atoms with van der Waals surface area (Å²) in [7, 11) is 3.80. The summed E-state index contributed by atoms with van der Waals surface area (Å²) in [5.74, 6) is -0.316. The molecule has 0 aliphatic carbocycles. The smallest absolute Gasteiger partial charge is 0.237 e. The van der Waals surface area contributed by atoms with Crippen LogP contribution in [0.4, 0.5) is 0 Å². The molecule has 2 atom stereocenters. The molecule has 0 radical (unpaired) electrons. The highest BCUT2D eigenvalue weighted by Gasteiger charge is 2.31. The Morgan fingerprint density at radius 2 is 2.00 bits per heavy atom. The molecule has 0 spiro atoms. The lowest BCUT2D eigenvalue weighted by Gasteiger charge is -2.33. The quantitative estimate of drug-likeness (QED) is 0.636. The molecule has 0 heterocycles. The van der Waals surface area contributed by atoms with E-state index in [-0.39, 0.29) is 18.1 Å². The summed E-state index contributed by atoms with van der Waals surface area (Å²) in [6.07, 6.45) is 0.929. The lowest BCUT2D eigenvalue weighted by molar-refractivity contribution is -0.124. The number of carbonyl (C=O) groups excluding carboxylic acids is 1. The molecule has 108 valence electrons. The average Bonchev–Trinajstić information content (AvgIpc) is 2.27. The Morgan fingerprint density at radius 3 is 2.39 bits per heavy atom. The molecule has 0 aromatic carbocycles. The molecule has 0 aromatic rings. The molecule has 0 rings (SSSR count). The van der Waals surface area contributed by atoms with Crippen molar-refractivity contribution >= 4 is 5.91 Å². The van der Waals surface area contributed by atoms with Crippen LogP contribution in [0.1, 0.15) is 34.1 Å². The number of likely N-dealkylation sites (N-methyl/N-ethyl adjacent to an activating group) is 2. The Labute approximate surface area is 111 Å². The Morgan fingerprint density at radius 1 is 1.44 bits per heavy atom. The first-order valence-electron chi connectivity index (χ1n) is 6.53. The predicted molar refractivity (Wildman–Crippen MR) is 74.5 cm³/mol. The summed E-state index contributed by atoms with van der Waals surface area (Å²) in [5.41, 5.74) is 4.76. The van der Waals surface area contributed by atoms with Crippen LogP contribution in [-0.4, -0.2) is 55.7 Å².